The summed E-state index contributed by atoms with van der Waals surface area (Å²) >= 11 is 12.1. The number of hydrogen-bond donors (Lipinski definition) is 1. The van der Waals surface area contributed by atoms with Crippen LogP contribution in [0.4, 0.5) is 5.69 Å². The molecule has 0 fully saturated rings. The van der Waals surface area contributed by atoms with Crippen molar-refractivity contribution in [2.75, 3.05) is 5.73 Å². The highest BCUT2D eigenvalue weighted by atomic mass is 35.5. The predicted octanol–water partition coefficient (Wildman–Crippen LogP) is 4.41. The molecule has 0 aliphatic rings. The molecule has 5 heteroatoms. The van der Waals surface area contributed by atoms with Gasteiger partial charge in [0.1, 0.15) is 5.69 Å². The minimum Gasteiger partial charge on any atom is -0.396 e. The fourth-order valence-electron chi connectivity index (χ4n) is 1.71. The third kappa shape index (κ3) is 2.47. The van der Waals surface area contributed by atoms with Crippen molar-refractivity contribution in [2.24, 2.45) is 0 Å². The summed E-state index contributed by atoms with van der Waals surface area (Å²) in [5, 5.41) is 5.72. The fraction of sp³-hybridized carbons (Fsp3) is 0.308. The van der Waals surface area contributed by atoms with Gasteiger partial charge >= 0.3 is 0 Å². The Kier molecular flexibility index (Phi) is 3.83. The summed E-state index contributed by atoms with van der Waals surface area (Å²) in [6.07, 6.45) is 2.82. The van der Waals surface area contributed by atoms with E-state index < -0.39 is 0 Å². The lowest BCUT2D eigenvalue weighted by Crippen LogP contribution is -2.04. The summed E-state index contributed by atoms with van der Waals surface area (Å²) in [4.78, 5) is 0. The standard InChI is InChI=1S/C13H15Cl2N3/c1-3-8(2)18-7-12(16)13(17-18)10-6-9(14)4-5-11(10)15/h4-8H,3,16H2,1-2H3. The van der Waals surface area contributed by atoms with E-state index in [-0.39, 0.29) is 0 Å². The maximum absolute atomic E-state index is 6.16. The van der Waals surface area contributed by atoms with Gasteiger partial charge in [0.05, 0.1) is 10.7 Å². The lowest BCUT2D eigenvalue weighted by molar-refractivity contribution is 0.479. The number of nitrogens with zero attached hydrogens (tertiary/aromatic N) is 2. The van der Waals surface area contributed by atoms with Crippen LogP contribution in [0, 0.1) is 0 Å². The Bertz CT molecular complexity index is 563. The van der Waals surface area contributed by atoms with Crippen LogP contribution in [0.25, 0.3) is 11.3 Å². The highest BCUT2D eigenvalue weighted by molar-refractivity contribution is 6.35. The van der Waals surface area contributed by atoms with Crippen molar-refractivity contribution in [1.82, 2.24) is 9.78 Å². The van der Waals surface area contributed by atoms with Crippen LogP contribution in [-0.2, 0) is 0 Å². The van der Waals surface area contributed by atoms with Crippen molar-refractivity contribution in [3.63, 3.8) is 0 Å². The van der Waals surface area contributed by atoms with E-state index in [0.717, 1.165) is 12.0 Å². The second-order valence-electron chi connectivity index (χ2n) is 4.29. The second-order valence-corrected chi connectivity index (χ2v) is 5.14. The number of anilines is 1. The van der Waals surface area contributed by atoms with Crippen molar-refractivity contribution in [3.8, 4) is 11.3 Å². The number of nitrogen functional groups attached to an aromatic ring is 1. The molecule has 96 valence electrons. The minimum atomic E-state index is 0.305. The summed E-state index contributed by atoms with van der Waals surface area (Å²) in [7, 11) is 0. The molecule has 1 aromatic carbocycles. The van der Waals surface area contributed by atoms with E-state index in [1.165, 1.54) is 0 Å². The first kappa shape index (κ1) is 13.2. The van der Waals surface area contributed by atoms with Gasteiger partial charge in [-0.25, -0.2) is 0 Å². The summed E-state index contributed by atoms with van der Waals surface area (Å²) in [5.41, 5.74) is 8.06. The lowest BCUT2D eigenvalue weighted by atomic mass is 10.1. The molecule has 0 saturated carbocycles. The van der Waals surface area contributed by atoms with Crippen LogP contribution in [0.3, 0.4) is 0 Å². The summed E-state index contributed by atoms with van der Waals surface area (Å²) in [6.45, 7) is 4.20. The molecule has 0 bridgehead atoms. The molecule has 0 radical (unpaired) electrons. The van der Waals surface area contributed by atoms with Gasteiger partial charge in [0.15, 0.2) is 0 Å². The maximum Gasteiger partial charge on any atom is 0.117 e. The van der Waals surface area contributed by atoms with Gasteiger partial charge < -0.3 is 5.73 Å². The first-order valence-corrected chi connectivity index (χ1v) is 6.58. The lowest BCUT2D eigenvalue weighted by Gasteiger charge is -2.08. The molecule has 0 aliphatic carbocycles. The van der Waals surface area contributed by atoms with Crippen LogP contribution < -0.4 is 5.73 Å². The van der Waals surface area contributed by atoms with E-state index in [0.29, 0.717) is 27.5 Å². The van der Waals surface area contributed by atoms with Crippen LogP contribution in [0.5, 0.6) is 0 Å². The van der Waals surface area contributed by atoms with Crippen LogP contribution >= 0.6 is 23.2 Å². The van der Waals surface area contributed by atoms with Gasteiger partial charge in [-0.05, 0) is 31.5 Å². The largest absolute Gasteiger partial charge is 0.396 e. The normalized spacial score (nSPS) is 12.7. The molecule has 0 spiro atoms. The first-order valence-electron chi connectivity index (χ1n) is 5.83. The number of rotatable bonds is 3. The topological polar surface area (TPSA) is 43.8 Å². The summed E-state index contributed by atoms with van der Waals surface area (Å²) in [5.74, 6) is 0. The van der Waals surface area contributed by atoms with E-state index in [1.807, 2.05) is 10.9 Å². The number of aromatic nitrogens is 2. The molecule has 2 aromatic rings. The molecule has 1 unspecified atom stereocenters. The van der Waals surface area contributed by atoms with Gasteiger partial charge in [-0.3, -0.25) is 4.68 Å². The summed E-state index contributed by atoms with van der Waals surface area (Å²) < 4.78 is 1.86. The first-order chi connectivity index (χ1) is 8.52. The molecular weight excluding hydrogens is 269 g/mol. The zero-order chi connectivity index (χ0) is 13.3. The highest BCUT2D eigenvalue weighted by Crippen LogP contribution is 2.33. The molecule has 2 rings (SSSR count). The number of nitrogens with two attached hydrogens (primary N) is 1. The Hall–Kier alpha value is -1.19. The Morgan fingerprint density at radius 2 is 2.11 bits per heavy atom. The highest BCUT2D eigenvalue weighted by Gasteiger charge is 2.14. The van der Waals surface area contributed by atoms with Crippen LogP contribution in [-0.4, -0.2) is 9.78 Å². The number of halogens is 2. The van der Waals surface area contributed by atoms with E-state index >= 15 is 0 Å². The SMILES string of the molecule is CCC(C)n1cc(N)c(-c2cc(Cl)ccc2Cl)n1. The van der Waals surface area contributed by atoms with Crippen LogP contribution in [0.15, 0.2) is 24.4 Å². The molecule has 18 heavy (non-hydrogen) atoms. The Balaban J connectivity index is 2.50. The van der Waals surface area contributed by atoms with E-state index in [2.05, 4.69) is 18.9 Å². The van der Waals surface area contributed by atoms with Crippen LogP contribution in [0.1, 0.15) is 26.3 Å². The minimum absolute atomic E-state index is 0.305. The molecule has 3 nitrogen and oxygen atoms in total. The molecule has 0 aliphatic heterocycles. The van der Waals surface area contributed by atoms with Crippen molar-refractivity contribution < 1.29 is 0 Å². The van der Waals surface area contributed by atoms with Gasteiger partial charge in [-0.15, -0.1) is 0 Å². The van der Waals surface area contributed by atoms with Gasteiger partial charge in [0, 0.05) is 22.8 Å². The number of hydrogen-bond acceptors (Lipinski definition) is 2. The zero-order valence-electron chi connectivity index (χ0n) is 10.3. The number of benzene rings is 1. The summed E-state index contributed by atoms with van der Waals surface area (Å²) in [6, 6.07) is 5.58. The molecule has 0 saturated heterocycles. The van der Waals surface area contributed by atoms with Crippen molar-refractivity contribution in [1.29, 1.82) is 0 Å². The third-order valence-corrected chi connectivity index (χ3v) is 3.55. The van der Waals surface area contributed by atoms with Gasteiger partial charge in [0.2, 0.25) is 0 Å². The molecule has 1 heterocycles. The van der Waals surface area contributed by atoms with E-state index in [1.54, 1.807) is 18.2 Å². The van der Waals surface area contributed by atoms with Crippen LogP contribution in [0.2, 0.25) is 10.0 Å². The monoisotopic (exact) mass is 283 g/mol. The fourth-order valence-corrected chi connectivity index (χ4v) is 2.09. The predicted molar refractivity (Wildman–Crippen MR) is 77.1 cm³/mol. The molecule has 1 aromatic heterocycles. The second kappa shape index (κ2) is 5.21. The quantitative estimate of drug-likeness (QED) is 0.907. The average molecular weight is 284 g/mol. The van der Waals surface area contributed by atoms with Gasteiger partial charge in [-0.2, -0.15) is 5.10 Å². The average Bonchev–Trinajstić information content (AvgIpc) is 2.73. The van der Waals surface area contributed by atoms with Crippen molar-refractivity contribution in [3.05, 3.63) is 34.4 Å². The molecule has 1 atom stereocenters. The van der Waals surface area contributed by atoms with Crippen molar-refractivity contribution >= 4 is 28.9 Å². The van der Waals surface area contributed by atoms with Gasteiger partial charge in [0.25, 0.3) is 0 Å². The molecule has 0 amide bonds. The molecule has 2 N–H and O–H groups in total. The third-order valence-electron chi connectivity index (χ3n) is 2.99. The maximum atomic E-state index is 6.16. The Labute approximate surface area is 117 Å². The Morgan fingerprint density at radius 1 is 1.39 bits per heavy atom. The van der Waals surface area contributed by atoms with E-state index in [9.17, 15) is 0 Å². The zero-order valence-corrected chi connectivity index (χ0v) is 11.8. The van der Waals surface area contributed by atoms with E-state index in [4.69, 9.17) is 28.9 Å². The Morgan fingerprint density at radius 3 is 2.78 bits per heavy atom. The van der Waals surface area contributed by atoms with Gasteiger partial charge in [-0.1, -0.05) is 30.1 Å². The van der Waals surface area contributed by atoms with Crippen molar-refractivity contribution in [2.45, 2.75) is 26.3 Å². The molecular formula is C13H15Cl2N3. The smallest absolute Gasteiger partial charge is 0.117 e.